The van der Waals surface area contributed by atoms with Crippen LogP contribution in [0.25, 0.3) is 0 Å². The highest BCUT2D eigenvalue weighted by Gasteiger charge is 2.23. The Balaban J connectivity index is 1.87. The van der Waals surface area contributed by atoms with Gasteiger partial charge in [0, 0.05) is 12.4 Å². The summed E-state index contributed by atoms with van der Waals surface area (Å²) in [5.41, 5.74) is 3.02. The fraction of sp³-hybridized carbons (Fsp3) is 0.143. The normalized spacial score (nSPS) is 11.9. The highest BCUT2D eigenvalue weighted by atomic mass is 16.1. The number of pyridine rings is 1. The Bertz CT molecular complexity index is 733. The summed E-state index contributed by atoms with van der Waals surface area (Å²) in [5.74, 6) is -0.326. The first-order valence-corrected chi connectivity index (χ1v) is 8.06. The molecule has 0 aliphatic rings. The zero-order chi connectivity index (χ0) is 16.8. The van der Waals surface area contributed by atoms with Crippen LogP contribution in [-0.2, 0) is 4.79 Å². The van der Waals surface area contributed by atoms with E-state index < -0.39 is 0 Å². The lowest BCUT2D eigenvalue weighted by molar-refractivity contribution is -0.122. The van der Waals surface area contributed by atoms with Crippen LogP contribution in [0.2, 0.25) is 0 Å². The van der Waals surface area contributed by atoms with Crippen LogP contribution in [0.5, 0.6) is 0 Å². The molecule has 120 valence electrons. The van der Waals surface area contributed by atoms with E-state index in [1.165, 1.54) is 0 Å². The maximum atomic E-state index is 13.0. The number of nitrogens with zero attached hydrogens (tertiary/aromatic N) is 1. The SMILES string of the molecule is CC(NC(=O)C(c1ccccc1)c1ccccc1)c1ccncc1. The minimum absolute atomic E-state index is 0.00304. The largest absolute Gasteiger partial charge is 0.349 e. The summed E-state index contributed by atoms with van der Waals surface area (Å²) in [6.45, 7) is 1.99. The molecule has 3 rings (SSSR count). The van der Waals surface area contributed by atoms with Gasteiger partial charge in [0.25, 0.3) is 0 Å². The average Bonchev–Trinajstić information content (AvgIpc) is 2.64. The first-order valence-electron chi connectivity index (χ1n) is 8.06. The molecule has 0 spiro atoms. The molecular weight excluding hydrogens is 296 g/mol. The quantitative estimate of drug-likeness (QED) is 0.770. The second-order valence-electron chi connectivity index (χ2n) is 5.77. The van der Waals surface area contributed by atoms with Crippen molar-refractivity contribution in [2.75, 3.05) is 0 Å². The molecule has 1 N–H and O–H groups in total. The molecule has 0 aliphatic carbocycles. The van der Waals surface area contributed by atoms with Crippen molar-refractivity contribution in [3.05, 3.63) is 102 Å². The number of hydrogen-bond acceptors (Lipinski definition) is 2. The Morgan fingerprint density at radius 2 is 1.29 bits per heavy atom. The second kappa shape index (κ2) is 7.55. The van der Waals surface area contributed by atoms with Crippen molar-refractivity contribution >= 4 is 5.91 Å². The fourth-order valence-electron chi connectivity index (χ4n) is 2.82. The Kier molecular flexibility index (Phi) is 5.02. The maximum absolute atomic E-state index is 13.0. The van der Waals surface area contributed by atoms with Gasteiger partial charge in [-0.1, -0.05) is 60.7 Å². The third-order valence-electron chi connectivity index (χ3n) is 4.09. The van der Waals surface area contributed by atoms with E-state index in [-0.39, 0.29) is 17.9 Å². The van der Waals surface area contributed by atoms with Crippen LogP contribution in [0.3, 0.4) is 0 Å². The molecule has 0 aliphatic heterocycles. The van der Waals surface area contributed by atoms with Gasteiger partial charge in [-0.2, -0.15) is 0 Å². The molecule has 1 amide bonds. The topological polar surface area (TPSA) is 42.0 Å². The third-order valence-corrected chi connectivity index (χ3v) is 4.09. The molecule has 0 bridgehead atoms. The molecule has 24 heavy (non-hydrogen) atoms. The van der Waals surface area contributed by atoms with Crippen molar-refractivity contribution in [3.63, 3.8) is 0 Å². The van der Waals surface area contributed by atoms with Crippen molar-refractivity contribution in [3.8, 4) is 0 Å². The molecule has 0 saturated heterocycles. The van der Waals surface area contributed by atoms with Crippen LogP contribution in [-0.4, -0.2) is 10.9 Å². The molecule has 1 heterocycles. The van der Waals surface area contributed by atoms with Gasteiger partial charge in [0.1, 0.15) is 0 Å². The molecule has 3 heteroatoms. The van der Waals surface area contributed by atoms with Gasteiger partial charge in [0.15, 0.2) is 0 Å². The van der Waals surface area contributed by atoms with Crippen molar-refractivity contribution in [2.24, 2.45) is 0 Å². The first kappa shape index (κ1) is 15.9. The Morgan fingerprint density at radius 1 is 0.792 bits per heavy atom. The predicted octanol–water partition coefficient (Wildman–Crippen LogP) is 4.09. The van der Waals surface area contributed by atoms with E-state index in [2.05, 4.69) is 10.3 Å². The van der Waals surface area contributed by atoms with Crippen molar-refractivity contribution in [1.82, 2.24) is 10.3 Å². The van der Waals surface area contributed by atoms with Crippen molar-refractivity contribution in [1.29, 1.82) is 0 Å². The van der Waals surface area contributed by atoms with E-state index in [1.54, 1.807) is 12.4 Å². The van der Waals surface area contributed by atoms with Gasteiger partial charge in [0.05, 0.1) is 12.0 Å². The number of benzene rings is 2. The number of carbonyl (C=O) groups excluding carboxylic acids is 1. The van der Waals surface area contributed by atoms with E-state index in [0.29, 0.717) is 0 Å². The number of amides is 1. The highest BCUT2D eigenvalue weighted by Crippen LogP contribution is 2.26. The summed E-state index contributed by atoms with van der Waals surface area (Å²) in [6.07, 6.45) is 3.48. The summed E-state index contributed by atoms with van der Waals surface area (Å²) in [7, 11) is 0. The van der Waals surface area contributed by atoms with Crippen molar-refractivity contribution < 1.29 is 4.79 Å². The molecule has 1 unspecified atom stereocenters. The minimum atomic E-state index is -0.323. The van der Waals surface area contributed by atoms with E-state index >= 15 is 0 Å². The summed E-state index contributed by atoms with van der Waals surface area (Å²) in [5, 5.41) is 3.13. The number of nitrogens with one attached hydrogen (secondary N) is 1. The van der Waals surface area contributed by atoms with Crippen LogP contribution in [0.15, 0.2) is 85.2 Å². The lowest BCUT2D eigenvalue weighted by Crippen LogP contribution is -2.32. The molecule has 0 fully saturated rings. The van der Waals surface area contributed by atoms with Gasteiger partial charge in [-0.05, 0) is 35.7 Å². The molecule has 1 aromatic heterocycles. The molecule has 1 atom stereocenters. The molecule has 0 radical (unpaired) electrons. The van der Waals surface area contributed by atoms with Crippen molar-refractivity contribution in [2.45, 2.75) is 18.9 Å². The average molecular weight is 316 g/mol. The summed E-state index contributed by atoms with van der Waals surface area (Å²) >= 11 is 0. The monoisotopic (exact) mass is 316 g/mol. The van der Waals surface area contributed by atoms with Crippen LogP contribution in [0.1, 0.15) is 35.6 Å². The smallest absolute Gasteiger partial charge is 0.232 e. The standard InChI is InChI=1S/C21H20N2O/c1-16(17-12-14-22-15-13-17)23-21(24)20(18-8-4-2-5-9-18)19-10-6-3-7-11-19/h2-16,20H,1H3,(H,23,24). The van der Waals surface area contributed by atoms with E-state index in [1.807, 2.05) is 79.7 Å². The first-order chi connectivity index (χ1) is 11.8. The molecule has 3 aromatic rings. The predicted molar refractivity (Wildman–Crippen MR) is 95.5 cm³/mol. The highest BCUT2D eigenvalue weighted by molar-refractivity contribution is 5.87. The van der Waals surface area contributed by atoms with Gasteiger partial charge < -0.3 is 5.32 Å². The van der Waals surface area contributed by atoms with Crippen LogP contribution in [0.4, 0.5) is 0 Å². The summed E-state index contributed by atoms with van der Waals surface area (Å²) < 4.78 is 0. The molecule has 0 saturated carbocycles. The lowest BCUT2D eigenvalue weighted by Gasteiger charge is -2.21. The Labute approximate surface area is 142 Å². The van der Waals surface area contributed by atoms with Gasteiger partial charge in [0.2, 0.25) is 5.91 Å². The number of hydrogen-bond donors (Lipinski definition) is 1. The number of rotatable bonds is 5. The zero-order valence-electron chi connectivity index (χ0n) is 13.6. The fourth-order valence-corrected chi connectivity index (χ4v) is 2.82. The van der Waals surface area contributed by atoms with Crippen LogP contribution >= 0.6 is 0 Å². The number of aromatic nitrogens is 1. The Hall–Kier alpha value is -2.94. The summed E-state index contributed by atoms with van der Waals surface area (Å²) in [4.78, 5) is 17.0. The van der Waals surface area contributed by atoms with E-state index in [9.17, 15) is 4.79 Å². The van der Waals surface area contributed by atoms with Crippen LogP contribution in [0, 0.1) is 0 Å². The molecule has 2 aromatic carbocycles. The lowest BCUT2D eigenvalue weighted by atomic mass is 9.90. The minimum Gasteiger partial charge on any atom is -0.349 e. The third kappa shape index (κ3) is 3.69. The maximum Gasteiger partial charge on any atom is 0.232 e. The van der Waals surface area contributed by atoms with E-state index in [0.717, 1.165) is 16.7 Å². The zero-order valence-corrected chi connectivity index (χ0v) is 13.6. The molecule has 3 nitrogen and oxygen atoms in total. The number of carbonyl (C=O) groups is 1. The van der Waals surface area contributed by atoms with Gasteiger partial charge >= 0.3 is 0 Å². The van der Waals surface area contributed by atoms with Gasteiger partial charge in [-0.15, -0.1) is 0 Å². The van der Waals surface area contributed by atoms with E-state index in [4.69, 9.17) is 0 Å². The summed E-state index contributed by atoms with van der Waals surface area (Å²) in [6, 6.07) is 23.5. The van der Waals surface area contributed by atoms with Gasteiger partial charge in [-0.3, -0.25) is 9.78 Å². The van der Waals surface area contributed by atoms with Crippen LogP contribution < -0.4 is 5.32 Å². The molecular formula is C21H20N2O. The van der Waals surface area contributed by atoms with Gasteiger partial charge in [-0.25, -0.2) is 0 Å². The second-order valence-corrected chi connectivity index (χ2v) is 5.77. The Morgan fingerprint density at radius 3 is 1.79 bits per heavy atom.